The summed E-state index contributed by atoms with van der Waals surface area (Å²) >= 11 is 0. The van der Waals surface area contributed by atoms with Gasteiger partial charge in [0.15, 0.2) is 0 Å². The van der Waals surface area contributed by atoms with Crippen molar-refractivity contribution in [1.29, 1.82) is 5.26 Å². The van der Waals surface area contributed by atoms with Gasteiger partial charge < -0.3 is 10.4 Å². The smallest absolute Gasteiger partial charge is 0.228 e. The number of nitrogens with zero attached hydrogens (tertiary/aromatic N) is 1. The lowest BCUT2D eigenvalue weighted by Gasteiger charge is -2.09. The van der Waals surface area contributed by atoms with Crippen molar-refractivity contribution in [2.24, 2.45) is 0 Å². The average Bonchev–Trinajstić information content (AvgIpc) is 2.42. The first-order valence-electron chi connectivity index (χ1n) is 6.18. The summed E-state index contributed by atoms with van der Waals surface area (Å²) in [6.45, 7) is 1.82. The molecule has 4 nitrogen and oxygen atoms in total. The number of phenols is 1. The third kappa shape index (κ3) is 2.96. The summed E-state index contributed by atoms with van der Waals surface area (Å²) in [5.74, 6) is -0.180. The molecule has 100 valence electrons. The molecule has 0 aromatic heterocycles. The van der Waals surface area contributed by atoms with Crippen molar-refractivity contribution >= 4 is 11.6 Å². The van der Waals surface area contributed by atoms with Crippen LogP contribution in [0.3, 0.4) is 0 Å². The van der Waals surface area contributed by atoms with Crippen LogP contribution in [-0.2, 0) is 11.2 Å². The predicted octanol–water partition coefficient (Wildman–Crippen LogP) is 2.75. The minimum Gasteiger partial charge on any atom is -0.508 e. The van der Waals surface area contributed by atoms with Crippen LogP contribution in [0.25, 0.3) is 0 Å². The summed E-state index contributed by atoms with van der Waals surface area (Å²) in [6, 6.07) is 14.1. The molecule has 2 N–H and O–H groups in total. The van der Waals surface area contributed by atoms with E-state index in [1.54, 1.807) is 30.3 Å². The van der Waals surface area contributed by atoms with Crippen LogP contribution in [0.4, 0.5) is 5.69 Å². The highest BCUT2D eigenvalue weighted by Gasteiger charge is 2.10. The summed E-state index contributed by atoms with van der Waals surface area (Å²) in [6.07, 6.45) is 0.0610. The molecule has 2 rings (SSSR count). The number of rotatable bonds is 3. The van der Waals surface area contributed by atoms with Crippen LogP contribution in [0, 0.1) is 18.3 Å². The highest BCUT2D eigenvalue weighted by atomic mass is 16.3. The number of carbonyl (C=O) groups is 1. The van der Waals surface area contributed by atoms with Gasteiger partial charge >= 0.3 is 0 Å². The largest absolute Gasteiger partial charge is 0.508 e. The molecule has 1 amide bonds. The fourth-order valence-electron chi connectivity index (χ4n) is 1.95. The van der Waals surface area contributed by atoms with Crippen molar-refractivity contribution in [2.75, 3.05) is 5.32 Å². The number of amides is 1. The van der Waals surface area contributed by atoms with E-state index in [1.165, 1.54) is 6.07 Å². The number of aryl methyl sites for hydroxylation is 1. The van der Waals surface area contributed by atoms with E-state index in [1.807, 2.05) is 13.0 Å². The quantitative estimate of drug-likeness (QED) is 0.897. The number of benzene rings is 2. The van der Waals surface area contributed by atoms with Gasteiger partial charge in [-0.2, -0.15) is 5.26 Å². The van der Waals surface area contributed by atoms with Gasteiger partial charge in [0.25, 0.3) is 0 Å². The molecule has 0 atom stereocenters. The Bertz CT molecular complexity index is 687. The van der Waals surface area contributed by atoms with Crippen molar-refractivity contribution in [1.82, 2.24) is 0 Å². The lowest BCUT2D eigenvalue weighted by molar-refractivity contribution is -0.115. The maximum atomic E-state index is 12.0. The second-order valence-electron chi connectivity index (χ2n) is 4.46. The SMILES string of the molecule is Cc1cccc(NC(=O)Cc2ccccc2O)c1C#N. The van der Waals surface area contributed by atoms with E-state index in [2.05, 4.69) is 11.4 Å². The number of nitrogens with one attached hydrogen (secondary N) is 1. The van der Waals surface area contributed by atoms with Crippen LogP contribution in [-0.4, -0.2) is 11.0 Å². The lowest BCUT2D eigenvalue weighted by atomic mass is 10.1. The molecule has 0 aliphatic rings. The molecule has 2 aromatic carbocycles. The third-order valence-electron chi connectivity index (χ3n) is 3.00. The highest BCUT2D eigenvalue weighted by molar-refractivity contribution is 5.94. The molecule has 0 aliphatic carbocycles. The number of carbonyl (C=O) groups excluding carboxylic acids is 1. The second kappa shape index (κ2) is 5.89. The Morgan fingerprint density at radius 3 is 2.70 bits per heavy atom. The standard InChI is InChI=1S/C16H14N2O2/c1-11-5-4-7-14(13(11)10-17)18-16(20)9-12-6-2-3-8-15(12)19/h2-8,19H,9H2,1H3,(H,18,20). The summed E-state index contributed by atoms with van der Waals surface area (Å²) in [5, 5.41) is 21.4. The fourth-order valence-corrected chi connectivity index (χ4v) is 1.95. The molecule has 0 heterocycles. The Morgan fingerprint density at radius 1 is 1.25 bits per heavy atom. The lowest BCUT2D eigenvalue weighted by Crippen LogP contribution is -2.15. The third-order valence-corrected chi connectivity index (χ3v) is 3.00. The zero-order chi connectivity index (χ0) is 14.5. The summed E-state index contributed by atoms with van der Waals surface area (Å²) in [7, 11) is 0. The topological polar surface area (TPSA) is 73.1 Å². The molecule has 0 spiro atoms. The van der Waals surface area contributed by atoms with Crippen molar-refractivity contribution in [3.05, 3.63) is 59.2 Å². The predicted molar refractivity (Wildman–Crippen MR) is 76.3 cm³/mol. The van der Waals surface area contributed by atoms with E-state index < -0.39 is 0 Å². The minimum absolute atomic E-state index is 0.0610. The summed E-state index contributed by atoms with van der Waals surface area (Å²) in [5.41, 5.74) is 2.31. The first-order valence-corrected chi connectivity index (χ1v) is 6.18. The van der Waals surface area contributed by atoms with E-state index in [0.29, 0.717) is 16.8 Å². The van der Waals surface area contributed by atoms with Crippen molar-refractivity contribution in [3.63, 3.8) is 0 Å². The first-order chi connectivity index (χ1) is 9.61. The van der Waals surface area contributed by atoms with E-state index in [9.17, 15) is 9.90 Å². The number of aromatic hydroxyl groups is 1. The van der Waals surface area contributed by atoms with Crippen LogP contribution in [0.1, 0.15) is 16.7 Å². The van der Waals surface area contributed by atoms with Crippen LogP contribution < -0.4 is 5.32 Å². The molecule has 0 saturated carbocycles. The van der Waals surface area contributed by atoms with Gasteiger partial charge in [0.05, 0.1) is 17.7 Å². The average molecular weight is 266 g/mol. The van der Waals surface area contributed by atoms with Crippen molar-refractivity contribution in [3.8, 4) is 11.8 Å². The van der Waals surface area contributed by atoms with Crippen LogP contribution in [0.15, 0.2) is 42.5 Å². The number of nitriles is 1. The highest BCUT2D eigenvalue weighted by Crippen LogP contribution is 2.20. The molecule has 20 heavy (non-hydrogen) atoms. The molecular weight excluding hydrogens is 252 g/mol. The van der Waals surface area contributed by atoms with Gasteiger partial charge in [-0.3, -0.25) is 4.79 Å². The van der Waals surface area contributed by atoms with E-state index in [0.717, 1.165) is 5.56 Å². The van der Waals surface area contributed by atoms with Gasteiger partial charge in [0.2, 0.25) is 5.91 Å². The number of hydrogen-bond donors (Lipinski definition) is 2. The second-order valence-corrected chi connectivity index (χ2v) is 4.46. The summed E-state index contributed by atoms with van der Waals surface area (Å²) < 4.78 is 0. The molecular formula is C16H14N2O2. The molecule has 0 fully saturated rings. The monoisotopic (exact) mass is 266 g/mol. The molecule has 0 unspecified atom stereocenters. The van der Waals surface area contributed by atoms with Gasteiger partial charge in [-0.25, -0.2) is 0 Å². The Hall–Kier alpha value is -2.80. The van der Waals surface area contributed by atoms with Crippen LogP contribution in [0.5, 0.6) is 5.75 Å². The zero-order valence-electron chi connectivity index (χ0n) is 11.1. The Labute approximate surface area is 117 Å². The maximum absolute atomic E-state index is 12.0. The molecule has 0 bridgehead atoms. The van der Waals surface area contributed by atoms with Gasteiger partial charge in [0.1, 0.15) is 11.8 Å². The number of phenolic OH excluding ortho intramolecular Hbond substituents is 1. The molecule has 0 saturated heterocycles. The molecule has 2 aromatic rings. The van der Waals surface area contributed by atoms with Crippen LogP contribution in [0.2, 0.25) is 0 Å². The Balaban J connectivity index is 2.16. The van der Waals surface area contributed by atoms with E-state index >= 15 is 0 Å². The number of para-hydroxylation sites is 1. The molecule has 0 radical (unpaired) electrons. The van der Waals surface area contributed by atoms with Gasteiger partial charge in [-0.15, -0.1) is 0 Å². The Kier molecular flexibility index (Phi) is 4.02. The van der Waals surface area contributed by atoms with Gasteiger partial charge in [-0.05, 0) is 24.6 Å². The fraction of sp³-hybridized carbons (Fsp3) is 0.125. The van der Waals surface area contributed by atoms with Crippen molar-refractivity contribution < 1.29 is 9.90 Å². The zero-order valence-corrected chi connectivity index (χ0v) is 11.1. The minimum atomic E-state index is -0.270. The first kappa shape index (κ1) is 13.6. The normalized spacial score (nSPS) is 9.80. The molecule has 0 aliphatic heterocycles. The van der Waals surface area contributed by atoms with Crippen LogP contribution >= 0.6 is 0 Å². The van der Waals surface area contributed by atoms with Crippen molar-refractivity contribution in [2.45, 2.75) is 13.3 Å². The van der Waals surface area contributed by atoms with Gasteiger partial charge in [-0.1, -0.05) is 30.3 Å². The Morgan fingerprint density at radius 2 is 2.00 bits per heavy atom. The molecule has 4 heteroatoms. The number of hydrogen-bond acceptors (Lipinski definition) is 3. The van der Waals surface area contributed by atoms with Gasteiger partial charge in [0, 0.05) is 5.56 Å². The van der Waals surface area contributed by atoms with E-state index in [-0.39, 0.29) is 18.1 Å². The van der Waals surface area contributed by atoms with E-state index in [4.69, 9.17) is 5.26 Å². The summed E-state index contributed by atoms with van der Waals surface area (Å²) in [4.78, 5) is 12.0. The maximum Gasteiger partial charge on any atom is 0.228 e. The number of anilines is 1.